The van der Waals surface area contributed by atoms with E-state index in [2.05, 4.69) is 10.6 Å². The number of nitrogens with zero attached hydrogens (tertiary/aromatic N) is 2. The quantitative estimate of drug-likeness (QED) is 0.330. The third-order valence-corrected chi connectivity index (χ3v) is 8.86. The van der Waals surface area contributed by atoms with Gasteiger partial charge < -0.3 is 10.3 Å². The van der Waals surface area contributed by atoms with Crippen molar-refractivity contribution in [3.05, 3.63) is 78.0 Å². The Balaban J connectivity index is 1.40. The topological polar surface area (TPSA) is 92.2 Å². The SMILES string of the molecule is Cn1c(CCC2CCCN2S(=O)(=O)c2cccc3ccccc23)cc2ccc(C(=N)N)cc21. The summed E-state index contributed by atoms with van der Waals surface area (Å²) in [5, 5.41) is 10.5. The number of hydrogen-bond donors (Lipinski definition) is 2. The van der Waals surface area contributed by atoms with E-state index in [1.54, 1.807) is 10.4 Å². The number of sulfonamides is 1. The zero-order valence-corrected chi connectivity index (χ0v) is 19.5. The van der Waals surface area contributed by atoms with E-state index in [1.165, 1.54) is 0 Å². The van der Waals surface area contributed by atoms with Gasteiger partial charge in [0, 0.05) is 41.8 Å². The first kappa shape index (κ1) is 21.7. The smallest absolute Gasteiger partial charge is 0.243 e. The fourth-order valence-electron chi connectivity index (χ4n) is 5.07. The molecule has 3 aromatic carbocycles. The summed E-state index contributed by atoms with van der Waals surface area (Å²) in [6, 6.07) is 21.1. The molecule has 3 N–H and O–H groups in total. The lowest BCUT2D eigenvalue weighted by atomic mass is 10.1. The van der Waals surface area contributed by atoms with Gasteiger partial charge in [0.25, 0.3) is 0 Å². The second kappa shape index (κ2) is 8.32. The van der Waals surface area contributed by atoms with Crippen LogP contribution in [-0.4, -0.2) is 35.7 Å². The second-order valence-corrected chi connectivity index (χ2v) is 10.7. The Kier molecular flexibility index (Phi) is 5.46. The van der Waals surface area contributed by atoms with Crippen LogP contribution >= 0.6 is 0 Å². The molecule has 0 radical (unpaired) electrons. The lowest BCUT2D eigenvalue weighted by molar-refractivity contribution is 0.369. The van der Waals surface area contributed by atoms with E-state index in [1.807, 2.05) is 61.6 Å². The maximum absolute atomic E-state index is 13.7. The van der Waals surface area contributed by atoms with E-state index in [0.29, 0.717) is 17.0 Å². The molecule has 1 aromatic heterocycles. The van der Waals surface area contributed by atoms with Crippen LogP contribution < -0.4 is 5.73 Å². The first-order valence-corrected chi connectivity index (χ1v) is 12.7. The summed E-state index contributed by atoms with van der Waals surface area (Å²) in [5.41, 5.74) is 8.54. The van der Waals surface area contributed by atoms with Crippen molar-refractivity contribution >= 4 is 37.5 Å². The summed E-state index contributed by atoms with van der Waals surface area (Å²) in [6.07, 6.45) is 3.31. The molecule has 1 aliphatic heterocycles. The van der Waals surface area contributed by atoms with Gasteiger partial charge in [0.15, 0.2) is 0 Å². The van der Waals surface area contributed by atoms with E-state index in [4.69, 9.17) is 11.1 Å². The van der Waals surface area contributed by atoms with Crippen molar-refractivity contribution in [2.24, 2.45) is 12.8 Å². The first-order valence-electron chi connectivity index (χ1n) is 11.3. The Morgan fingerprint density at radius 1 is 1.06 bits per heavy atom. The number of amidine groups is 1. The maximum Gasteiger partial charge on any atom is 0.243 e. The summed E-state index contributed by atoms with van der Waals surface area (Å²) >= 11 is 0. The van der Waals surface area contributed by atoms with Gasteiger partial charge in [0.05, 0.1) is 4.90 Å². The zero-order chi connectivity index (χ0) is 23.2. The maximum atomic E-state index is 13.7. The molecule has 0 amide bonds. The number of aryl methyl sites for hydroxylation is 2. The Morgan fingerprint density at radius 2 is 1.85 bits per heavy atom. The van der Waals surface area contributed by atoms with Gasteiger partial charge in [-0.3, -0.25) is 5.41 Å². The molecule has 1 fully saturated rings. The molecule has 33 heavy (non-hydrogen) atoms. The molecule has 0 spiro atoms. The molecule has 1 saturated heterocycles. The highest BCUT2D eigenvalue weighted by molar-refractivity contribution is 7.89. The van der Waals surface area contributed by atoms with Crippen molar-refractivity contribution in [3.8, 4) is 0 Å². The van der Waals surface area contributed by atoms with Gasteiger partial charge in [-0.15, -0.1) is 0 Å². The van der Waals surface area contributed by atoms with Crippen LogP contribution in [-0.2, 0) is 23.5 Å². The fourth-order valence-corrected chi connectivity index (χ4v) is 7.01. The van der Waals surface area contributed by atoms with Crippen LogP contribution in [0, 0.1) is 5.41 Å². The molecule has 1 atom stereocenters. The minimum atomic E-state index is -3.58. The van der Waals surface area contributed by atoms with Crippen molar-refractivity contribution in [2.75, 3.05) is 6.54 Å². The molecule has 6 nitrogen and oxygen atoms in total. The van der Waals surface area contributed by atoms with Gasteiger partial charge >= 0.3 is 0 Å². The molecule has 0 aliphatic carbocycles. The molecular formula is C26H28N4O2S. The third-order valence-electron chi connectivity index (χ3n) is 6.85. The number of rotatable bonds is 6. The van der Waals surface area contributed by atoms with E-state index in [9.17, 15) is 8.42 Å². The number of fused-ring (bicyclic) bond motifs is 2. The zero-order valence-electron chi connectivity index (χ0n) is 18.7. The summed E-state index contributed by atoms with van der Waals surface area (Å²) < 4.78 is 31.2. The molecule has 2 heterocycles. The van der Waals surface area contributed by atoms with E-state index >= 15 is 0 Å². The number of nitrogen functional groups attached to an aromatic ring is 1. The van der Waals surface area contributed by atoms with Crippen LogP contribution in [0.25, 0.3) is 21.7 Å². The molecule has 170 valence electrons. The Labute approximate surface area is 194 Å². The molecule has 4 aromatic rings. The van der Waals surface area contributed by atoms with Crippen molar-refractivity contribution in [1.82, 2.24) is 8.87 Å². The van der Waals surface area contributed by atoms with Gasteiger partial charge in [0.1, 0.15) is 5.84 Å². The lowest BCUT2D eigenvalue weighted by Gasteiger charge is -2.25. The van der Waals surface area contributed by atoms with Gasteiger partial charge in [-0.25, -0.2) is 8.42 Å². The summed E-state index contributed by atoms with van der Waals surface area (Å²) in [6.45, 7) is 0.563. The Bertz CT molecular complexity index is 1470. The van der Waals surface area contributed by atoms with Crippen molar-refractivity contribution in [1.29, 1.82) is 5.41 Å². The highest BCUT2D eigenvalue weighted by atomic mass is 32.2. The minimum absolute atomic E-state index is 0.0141. The van der Waals surface area contributed by atoms with E-state index in [0.717, 1.165) is 53.1 Å². The van der Waals surface area contributed by atoms with Crippen LogP contribution in [0.1, 0.15) is 30.5 Å². The van der Waals surface area contributed by atoms with Crippen molar-refractivity contribution in [3.63, 3.8) is 0 Å². The molecule has 0 saturated carbocycles. The minimum Gasteiger partial charge on any atom is -0.384 e. The number of nitrogens with two attached hydrogens (primary N) is 1. The molecule has 0 bridgehead atoms. The predicted molar refractivity (Wildman–Crippen MR) is 133 cm³/mol. The second-order valence-electron chi connectivity index (χ2n) is 8.81. The summed E-state index contributed by atoms with van der Waals surface area (Å²) in [4.78, 5) is 0.397. The molecule has 1 unspecified atom stereocenters. The third kappa shape index (κ3) is 3.81. The standard InChI is InChI=1S/C26H28N4O2S/c1-29-22(16-19-11-12-20(26(27)28)17-24(19)29)14-13-21-8-5-15-30(21)33(31,32)25-10-4-7-18-6-2-3-9-23(18)25/h2-4,6-7,9-12,16-17,21H,5,8,13-15H2,1H3,(H3,27,28). The van der Waals surface area contributed by atoms with Gasteiger partial charge in [-0.05, 0) is 54.7 Å². The Morgan fingerprint density at radius 3 is 2.67 bits per heavy atom. The molecule has 7 heteroatoms. The highest BCUT2D eigenvalue weighted by Gasteiger charge is 2.35. The molecular weight excluding hydrogens is 432 g/mol. The average molecular weight is 461 g/mol. The van der Waals surface area contributed by atoms with Crippen molar-refractivity contribution < 1.29 is 8.42 Å². The van der Waals surface area contributed by atoms with E-state index < -0.39 is 10.0 Å². The summed E-state index contributed by atoms with van der Waals surface area (Å²) in [5.74, 6) is 0.0555. The van der Waals surface area contributed by atoms with Gasteiger partial charge in [-0.2, -0.15) is 4.31 Å². The number of hydrogen-bond acceptors (Lipinski definition) is 3. The lowest BCUT2D eigenvalue weighted by Crippen LogP contribution is -2.36. The van der Waals surface area contributed by atoms with Gasteiger partial charge in [0.2, 0.25) is 10.0 Å². The van der Waals surface area contributed by atoms with Crippen LogP contribution in [0.3, 0.4) is 0 Å². The van der Waals surface area contributed by atoms with E-state index in [-0.39, 0.29) is 11.9 Å². The Hall–Kier alpha value is -3.16. The van der Waals surface area contributed by atoms with Crippen molar-refractivity contribution in [2.45, 2.75) is 36.6 Å². The van der Waals surface area contributed by atoms with Crippen LogP contribution in [0.4, 0.5) is 0 Å². The molecule has 5 rings (SSSR count). The fraction of sp³-hybridized carbons (Fsp3) is 0.269. The number of aromatic nitrogens is 1. The monoisotopic (exact) mass is 460 g/mol. The van der Waals surface area contributed by atoms with Crippen LogP contribution in [0.5, 0.6) is 0 Å². The highest BCUT2D eigenvalue weighted by Crippen LogP contribution is 2.32. The molecule has 1 aliphatic rings. The summed E-state index contributed by atoms with van der Waals surface area (Å²) in [7, 11) is -1.56. The van der Waals surface area contributed by atoms with Crippen LogP contribution in [0.15, 0.2) is 71.6 Å². The number of benzene rings is 3. The average Bonchev–Trinajstić information content (AvgIpc) is 3.42. The number of nitrogens with one attached hydrogen (secondary N) is 1. The largest absolute Gasteiger partial charge is 0.384 e. The van der Waals surface area contributed by atoms with Crippen LogP contribution in [0.2, 0.25) is 0 Å². The predicted octanol–water partition coefficient (Wildman–Crippen LogP) is 4.40. The first-order chi connectivity index (χ1) is 15.9. The normalized spacial score (nSPS) is 17.2. The van der Waals surface area contributed by atoms with Gasteiger partial charge in [-0.1, -0.05) is 48.5 Å².